The summed E-state index contributed by atoms with van der Waals surface area (Å²) in [5.41, 5.74) is 1.37. The lowest BCUT2D eigenvalue weighted by atomic mass is 9.94. The second-order valence-corrected chi connectivity index (χ2v) is 8.60. The van der Waals surface area contributed by atoms with Crippen LogP contribution in [0.2, 0.25) is 0 Å². The summed E-state index contributed by atoms with van der Waals surface area (Å²) >= 11 is 5.40. The van der Waals surface area contributed by atoms with Gasteiger partial charge in [0.1, 0.15) is 5.69 Å². The van der Waals surface area contributed by atoms with E-state index in [1.807, 2.05) is 54.0 Å². The van der Waals surface area contributed by atoms with E-state index in [0.717, 1.165) is 5.69 Å². The Morgan fingerprint density at radius 1 is 1.03 bits per heavy atom. The second kappa shape index (κ2) is 8.73. The van der Waals surface area contributed by atoms with Crippen LogP contribution in [0.3, 0.4) is 0 Å². The molecular weight excluding hydrogens is 400 g/mol. The van der Waals surface area contributed by atoms with E-state index in [-0.39, 0.29) is 29.9 Å². The summed E-state index contributed by atoms with van der Waals surface area (Å²) in [6.45, 7) is 6.43. The van der Waals surface area contributed by atoms with Gasteiger partial charge >= 0.3 is 0 Å². The molecule has 2 amide bonds. The number of ether oxygens (including phenoxy) is 1. The van der Waals surface area contributed by atoms with Crippen LogP contribution >= 0.6 is 12.2 Å². The minimum absolute atomic E-state index is 0.0338. The fraction of sp³-hybridized carbons (Fsp3) is 0.500. The van der Waals surface area contributed by atoms with Crippen LogP contribution in [-0.4, -0.2) is 69.6 Å². The van der Waals surface area contributed by atoms with Crippen molar-refractivity contribution in [2.45, 2.75) is 38.9 Å². The van der Waals surface area contributed by atoms with E-state index in [0.29, 0.717) is 49.5 Å². The third-order valence-electron chi connectivity index (χ3n) is 5.87. The van der Waals surface area contributed by atoms with Crippen LogP contribution in [-0.2, 0) is 9.53 Å². The molecule has 2 aliphatic rings. The van der Waals surface area contributed by atoms with E-state index < -0.39 is 0 Å². The van der Waals surface area contributed by atoms with Crippen molar-refractivity contribution in [1.29, 1.82) is 0 Å². The standard InChI is InChI=1S/C22H28N4O3S/c1-15-13-25(14-16(2)29-15)20(27)17-8-10-24(11-9-17)21(28)19-12-23-22(30)26(19)18-6-4-3-5-7-18/h3-7,12,15-17H,8-11,13-14H2,1-2H3,(H,23,30)/t15-,16-/m1/s1. The Morgan fingerprint density at radius 2 is 1.67 bits per heavy atom. The SMILES string of the molecule is C[C@@H]1CN(C(=O)C2CCN(C(=O)c3c[nH]c(=S)n3-c3ccccc3)CC2)C[C@@H](C)O1. The zero-order valence-electron chi connectivity index (χ0n) is 17.4. The van der Waals surface area contributed by atoms with Gasteiger partial charge < -0.3 is 19.5 Å². The van der Waals surface area contributed by atoms with Crippen LogP contribution < -0.4 is 0 Å². The van der Waals surface area contributed by atoms with Gasteiger partial charge in [0, 0.05) is 44.0 Å². The molecule has 1 N–H and O–H groups in total. The molecule has 2 saturated heterocycles. The number of imidazole rings is 1. The highest BCUT2D eigenvalue weighted by atomic mass is 32.1. The summed E-state index contributed by atoms with van der Waals surface area (Å²) in [5, 5.41) is 0. The number of likely N-dealkylation sites (tertiary alicyclic amines) is 1. The molecule has 0 aliphatic carbocycles. The smallest absolute Gasteiger partial charge is 0.272 e. The van der Waals surface area contributed by atoms with Crippen molar-refractivity contribution >= 4 is 24.0 Å². The van der Waals surface area contributed by atoms with E-state index in [9.17, 15) is 9.59 Å². The van der Waals surface area contributed by atoms with Crippen molar-refractivity contribution in [3.05, 3.63) is 47.0 Å². The van der Waals surface area contributed by atoms with Crippen molar-refractivity contribution < 1.29 is 14.3 Å². The summed E-state index contributed by atoms with van der Waals surface area (Å²) in [6.07, 6.45) is 3.16. The maximum absolute atomic E-state index is 13.2. The largest absolute Gasteiger partial charge is 0.372 e. The number of amides is 2. The first kappa shape index (κ1) is 20.8. The Kier molecular flexibility index (Phi) is 6.06. The second-order valence-electron chi connectivity index (χ2n) is 8.22. The number of morpholine rings is 1. The maximum Gasteiger partial charge on any atom is 0.272 e. The molecule has 3 heterocycles. The van der Waals surface area contributed by atoms with E-state index in [1.165, 1.54) is 0 Å². The van der Waals surface area contributed by atoms with Crippen LogP contribution in [0.4, 0.5) is 0 Å². The molecule has 2 atom stereocenters. The lowest BCUT2D eigenvalue weighted by Gasteiger charge is -2.39. The molecule has 160 valence electrons. The highest BCUT2D eigenvalue weighted by Gasteiger charge is 2.34. The number of rotatable bonds is 3. The van der Waals surface area contributed by atoms with Crippen LogP contribution in [0, 0.1) is 10.7 Å². The van der Waals surface area contributed by atoms with Crippen molar-refractivity contribution in [2.24, 2.45) is 5.92 Å². The number of nitrogens with zero attached hydrogens (tertiary/aromatic N) is 3. The number of aromatic nitrogens is 2. The van der Waals surface area contributed by atoms with E-state index >= 15 is 0 Å². The molecule has 7 nitrogen and oxygen atoms in total. The molecule has 0 radical (unpaired) electrons. The summed E-state index contributed by atoms with van der Waals surface area (Å²) < 4.78 is 8.00. The summed E-state index contributed by atoms with van der Waals surface area (Å²) in [5.74, 6) is 0.0946. The van der Waals surface area contributed by atoms with Crippen molar-refractivity contribution in [1.82, 2.24) is 19.4 Å². The van der Waals surface area contributed by atoms with Crippen LogP contribution in [0.5, 0.6) is 0 Å². The zero-order valence-corrected chi connectivity index (χ0v) is 18.2. The lowest BCUT2D eigenvalue weighted by Crippen LogP contribution is -2.51. The average Bonchev–Trinajstić information content (AvgIpc) is 3.14. The van der Waals surface area contributed by atoms with Crippen molar-refractivity contribution in [3.8, 4) is 5.69 Å². The number of piperidine rings is 1. The Labute approximate surface area is 181 Å². The molecule has 0 unspecified atom stereocenters. The third kappa shape index (κ3) is 4.20. The number of nitrogens with one attached hydrogen (secondary N) is 1. The van der Waals surface area contributed by atoms with Crippen LogP contribution in [0.15, 0.2) is 36.5 Å². The monoisotopic (exact) mass is 428 g/mol. The number of hydrogen-bond acceptors (Lipinski definition) is 4. The van der Waals surface area contributed by atoms with Crippen LogP contribution in [0.1, 0.15) is 37.2 Å². The quantitative estimate of drug-likeness (QED) is 0.763. The molecule has 2 aliphatic heterocycles. The van der Waals surface area contributed by atoms with Gasteiger partial charge in [0.2, 0.25) is 5.91 Å². The molecule has 0 saturated carbocycles. The number of aromatic amines is 1. The molecule has 8 heteroatoms. The van der Waals surface area contributed by atoms with E-state index in [2.05, 4.69) is 4.98 Å². The Balaban J connectivity index is 1.42. The number of para-hydroxylation sites is 1. The van der Waals surface area contributed by atoms with E-state index in [1.54, 1.807) is 10.8 Å². The Bertz CT molecular complexity index is 952. The summed E-state index contributed by atoms with van der Waals surface area (Å²) in [6, 6.07) is 9.62. The van der Waals surface area contributed by atoms with Gasteiger partial charge in [-0.05, 0) is 51.0 Å². The van der Waals surface area contributed by atoms with E-state index in [4.69, 9.17) is 17.0 Å². The van der Waals surface area contributed by atoms with Crippen LogP contribution in [0.25, 0.3) is 5.69 Å². The highest BCUT2D eigenvalue weighted by molar-refractivity contribution is 7.71. The predicted octanol–water partition coefficient (Wildman–Crippen LogP) is 3.02. The highest BCUT2D eigenvalue weighted by Crippen LogP contribution is 2.24. The Hall–Kier alpha value is -2.45. The third-order valence-corrected chi connectivity index (χ3v) is 6.17. The van der Waals surface area contributed by atoms with Crippen molar-refractivity contribution in [2.75, 3.05) is 26.2 Å². The first-order valence-corrected chi connectivity index (χ1v) is 10.9. The first-order valence-electron chi connectivity index (χ1n) is 10.5. The minimum atomic E-state index is -0.0641. The van der Waals surface area contributed by atoms with Gasteiger partial charge in [-0.15, -0.1) is 0 Å². The zero-order chi connectivity index (χ0) is 21.3. The topological polar surface area (TPSA) is 70.6 Å². The molecule has 1 aromatic carbocycles. The van der Waals surface area contributed by atoms with Gasteiger partial charge in [0.15, 0.2) is 4.77 Å². The molecule has 2 aromatic rings. The minimum Gasteiger partial charge on any atom is -0.372 e. The lowest BCUT2D eigenvalue weighted by molar-refractivity contribution is -0.148. The van der Waals surface area contributed by atoms with Crippen molar-refractivity contribution in [3.63, 3.8) is 0 Å². The first-order chi connectivity index (χ1) is 14.4. The number of H-pyrrole nitrogens is 1. The van der Waals surface area contributed by atoms with Gasteiger partial charge in [-0.2, -0.15) is 0 Å². The summed E-state index contributed by atoms with van der Waals surface area (Å²) in [7, 11) is 0. The molecule has 4 rings (SSSR count). The molecule has 2 fully saturated rings. The van der Waals surface area contributed by atoms with Gasteiger partial charge in [-0.1, -0.05) is 18.2 Å². The molecule has 0 bridgehead atoms. The number of benzene rings is 1. The maximum atomic E-state index is 13.2. The molecule has 1 aromatic heterocycles. The number of carbonyl (C=O) groups excluding carboxylic acids is 2. The van der Waals surface area contributed by atoms with Gasteiger partial charge in [-0.3, -0.25) is 14.2 Å². The normalized spacial score (nSPS) is 22.9. The van der Waals surface area contributed by atoms with Gasteiger partial charge in [-0.25, -0.2) is 0 Å². The predicted molar refractivity (Wildman–Crippen MR) is 116 cm³/mol. The average molecular weight is 429 g/mol. The molecular formula is C22H28N4O3S. The number of carbonyl (C=O) groups is 2. The molecule has 0 spiro atoms. The summed E-state index contributed by atoms with van der Waals surface area (Å²) in [4.78, 5) is 32.9. The van der Waals surface area contributed by atoms with Gasteiger partial charge in [0.25, 0.3) is 5.91 Å². The fourth-order valence-corrected chi connectivity index (χ4v) is 4.73. The Morgan fingerprint density at radius 3 is 2.30 bits per heavy atom. The number of hydrogen-bond donors (Lipinski definition) is 1. The fourth-order valence-electron chi connectivity index (χ4n) is 4.47. The molecule has 30 heavy (non-hydrogen) atoms. The van der Waals surface area contributed by atoms with Gasteiger partial charge in [0.05, 0.1) is 12.2 Å².